The van der Waals surface area contributed by atoms with Gasteiger partial charge in [-0.2, -0.15) is 0 Å². The third kappa shape index (κ3) is 2.20. The Balaban J connectivity index is 2.24. The molecule has 5 heteroatoms. The van der Waals surface area contributed by atoms with Crippen LogP contribution < -0.4 is 0 Å². The van der Waals surface area contributed by atoms with E-state index in [1.54, 1.807) is 0 Å². The molecule has 0 aliphatic heterocycles. The number of fused-ring (bicyclic) bond motifs is 1. The lowest BCUT2D eigenvalue weighted by molar-refractivity contribution is -0.148. The van der Waals surface area contributed by atoms with Crippen molar-refractivity contribution in [2.45, 2.75) is 12.5 Å². The van der Waals surface area contributed by atoms with Crippen molar-refractivity contribution in [1.82, 2.24) is 4.98 Å². The fraction of sp³-hybridized carbons (Fsp3) is 0.273. The minimum Gasteiger partial charge on any atom is -0.479 e. The Kier molecular flexibility index (Phi) is 3.17. The van der Waals surface area contributed by atoms with E-state index >= 15 is 0 Å². The molecule has 0 bridgehead atoms. The van der Waals surface area contributed by atoms with E-state index in [4.69, 9.17) is 9.84 Å². The van der Waals surface area contributed by atoms with Gasteiger partial charge in [0.05, 0.1) is 15.2 Å². The molecule has 0 fully saturated rings. The summed E-state index contributed by atoms with van der Waals surface area (Å²) in [5.74, 6) is -0.957. The summed E-state index contributed by atoms with van der Waals surface area (Å²) in [6.45, 7) is 0. The summed E-state index contributed by atoms with van der Waals surface area (Å²) in [5.41, 5.74) is 0.905. The van der Waals surface area contributed by atoms with Crippen molar-refractivity contribution in [1.29, 1.82) is 0 Å². The zero-order chi connectivity index (χ0) is 11.5. The molecule has 0 saturated heterocycles. The van der Waals surface area contributed by atoms with Crippen LogP contribution in [0.15, 0.2) is 24.3 Å². The number of rotatable bonds is 4. The van der Waals surface area contributed by atoms with E-state index in [9.17, 15) is 4.79 Å². The van der Waals surface area contributed by atoms with Crippen LogP contribution in [0.3, 0.4) is 0 Å². The number of methoxy groups -OCH3 is 1. The Morgan fingerprint density at radius 3 is 2.94 bits per heavy atom. The Hall–Kier alpha value is -1.46. The molecule has 1 aromatic heterocycles. The van der Waals surface area contributed by atoms with Gasteiger partial charge >= 0.3 is 5.97 Å². The average Bonchev–Trinajstić information content (AvgIpc) is 2.67. The molecular weight excluding hydrogens is 226 g/mol. The van der Waals surface area contributed by atoms with Crippen LogP contribution >= 0.6 is 11.3 Å². The highest BCUT2D eigenvalue weighted by molar-refractivity contribution is 7.18. The molecule has 0 spiro atoms. The quantitative estimate of drug-likeness (QED) is 0.882. The molecular formula is C11H11NO3S. The average molecular weight is 237 g/mol. The molecule has 1 heterocycles. The first-order valence-corrected chi connectivity index (χ1v) is 5.62. The molecule has 16 heavy (non-hydrogen) atoms. The molecule has 1 N–H and O–H groups in total. The summed E-state index contributed by atoms with van der Waals surface area (Å²) in [7, 11) is 1.39. The van der Waals surface area contributed by atoms with Gasteiger partial charge in [-0.25, -0.2) is 9.78 Å². The first kappa shape index (κ1) is 11.0. The number of hydrogen-bond acceptors (Lipinski definition) is 4. The third-order valence-electron chi connectivity index (χ3n) is 2.26. The molecule has 0 saturated carbocycles. The summed E-state index contributed by atoms with van der Waals surface area (Å²) >= 11 is 1.50. The van der Waals surface area contributed by atoms with Crippen molar-refractivity contribution < 1.29 is 14.6 Å². The largest absolute Gasteiger partial charge is 0.479 e. The van der Waals surface area contributed by atoms with Gasteiger partial charge in [-0.05, 0) is 12.1 Å². The molecule has 0 aliphatic rings. The first-order chi connectivity index (χ1) is 7.70. The first-order valence-electron chi connectivity index (χ1n) is 4.80. The maximum absolute atomic E-state index is 10.8. The lowest BCUT2D eigenvalue weighted by Crippen LogP contribution is -2.24. The number of carbonyl (C=O) groups is 1. The van der Waals surface area contributed by atoms with Crippen LogP contribution in [0.2, 0.25) is 0 Å². The Morgan fingerprint density at radius 1 is 1.56 bits per heavy atom. The van der Waals surface area contributed by atoms with Gasteiger partial charge in [0.15, 0.2) is 6.10 Å². The van der Waals surface area contributed by atoms with Gasteiger partial charge in [0.1, 0.15) is 0 Å². The summed E-state index contributed by atoms with van der Waals surface area (Å²) < 4.78 is 5.95. The second kappa shape index (κ2) is 4.59. The van der Waals surface area contributed by atoms with E-state index in [2.05, 4.69) is 4.98 Å². The van der Waals surface area contributed by atoms with E-state index in [0.717, 1.165) is 15.2 Å². The number of nitrogens with zero attached hydrogens (tertiary/aromatic N) is 1. The predicted molar refractivity (Wildman–Crippen MR) is 61.8 cm³/mol. The van der Waals surface area contributed by atoms with Crippen LogP contribution in [0.4, 0.5) is 0 Å². The van der Waals surface area contributed by atoms with Gasteiger partial charge in [-0.3, -0.25) is 0 Å². The maximum Gasteiger partial charge on any atom is 0.333 e. The zero-order valence-electron chi connectivity index (χ0n) is 8.71. The van der Waals surface area contributed by atoms with Crippen LogP contribution in [0.25, 0.3) is 10.2 Å². The van der Waals surface area contributed by atoms with Gasteiger partial charge in [0.2, 0.25) is 0 Å². The molecule has 2 aromatic rings. The van der Waals surface area contributed by atoms with E-state index in [1.165, 1.54) is 18.4 Å². The number of aliphatic carboxylic acids is 1. The second-order valence-corrected chi connectivity index (χ2v) is 4.46. The lowest BCUT2D eigenvalue weighted by Gasteiger charge is -2.06. The zero-order valence-corrected chi connectivity index (χ0v) is 9.53. The van der Waals surface area contributed by atoms with E-state index in [1.807, 2.05) is 24.3 Å². The summed E-state index contributed by atoms with van der Waals surface area (Å²) in [4.78, 5) is 15.2. The highest BCUT2D eigenvalue weighted by Crippen LogP contribution is 2.22. The molecule has 84 valence electrons. The molecule has 1 unspecified atom stereocenters. The normalized spacial score (nSPS) is 12.8. The molecule has 0 aliphatic carbocycles. The number of hydrogen-bond donors (Lipinski definition) is 1. The summed E-state index contributed by atoms with van der Waals surface area (Å²) in [6.07, 6.45) is -0.508. The van der Waals surface area contributed by atoms with Gasteiger partial charge < -0.3 is 9.84 Å². The number of para-hydroxylation sites is 1. The van der Waals surface area contributed by atoms with Crippen molar-refractivity contribution in [3.8, 4) is 0 Å². The van der Waals surface area contributed by atoms with Gasteiger partial charge in [-0.15, -0.1) is 11.3 Å². The van der Waals surface area contributed by atoms with Crippen molar-refractivity contribution in [3.63, 3.8) is 0 Å². The fourth-order valence-corrected chi connectivity index (χ4v) is 2.43. The number of carboxylic acid groups (broad SMARTS) is 1. The number of aromatic nitrogens is 1. The molecule has 1 atom stereocenters. The molecule has 1 aromatic carbocycles. The van der Waals surface area contributed by atoms with Crippen LogP contribution in [0.1, 0.15) is 5.01 Å². The number of ether oxygens (including phenoxy) is 1. The van der Waals surface area contributed by atoms with Crippen molar-refractivity contribution in [3.05, 3.63) is 29.3 Å². The van der Waals surface area contributed by atoms with Crippen molar-refractivity contribution in [2.75, 3.05) is 7.11 Å². The molecule has 2 rings (SSSR count). The summed E-state index contributed by atoms with van der Waals surface area (Å²) in [5, 5.41) is 9.65. The maximum atomic E-state index is 10.8. The second-order valence-electron chi connectivity index (χ2n) is 3.34. The lowest BCUT2D eigenvalue weighted by atomic mass is 10.2. The van der Waals surface area contributed by atoms with E-state index in [-0.39, 0.29) is 0 Å². The fourth-order valence-electron chi connectivity index (χ4n) is 1.44. The topological polar surface area (TPSA) is 59.4 Å². The van der Waals surface area contributed by atoms with Gasteiger partial charge in [-0.1, -0.05) is 12.1 Å². The number of thiazole rings is 1. The van der Waals surface area contributed by atoms with Crippen LogP contribution in [-0.2, 0) is 16.0 Å². The highest BCUT2D eigenvalue weighted by atomic mass is 32.1. The Labute approximate surface area is 96.5 Å². The molecule has 0 amide bonds. The minimum atomic E-state index is -0.957. The van der Waals surface area contributed by atoms with Gasteiger partial charge in [0.25, 0.3) is 0 Å². The number of benzene rings is 1. The standard InChI is InChI=1S/C11H11NO3S/c1-15-8(11(13)14)6-10-12-7-4-2-3-5-9(7)16-10/h2-5,8H,6H2,1H3,(H,13,14). The Morgan fingerprint density at radius 2 is 2.31 bits per heavy atom. The highest BCUT2D eigenvalue weighted by Gasteiger charge is 2.18. The Bertz CT molecular complexity index is 476. The smallest absolute Gasteiger partial charge is 0.333 e. The van der Waals surface area contributed by atoms with Gasteiger partial charge in [0, 0.05) is 13.5 Å². The van der Waals surface area contributed by atoms with Crippen molar-refractivity contribution in [2.24, 2.45) is 0 Å². The monoisotopic (exact) mass is 237 g/mol. The van der Waals surface area contributed by atoms with Crippen LogP contribution in [0, 0.1) is 0 Å². The molecule has 0 radical (unpaired) electrons. The number of carboxylic acids is 1. The van der Waals surface area contributed by atoms with Crippen LogP contribution in [0.5, 0.6) is 0 Å². The van der Waals surface area contributed by atoms with Crippen molar-refractivity contribution >= 4 is 27.5 Å². The molecule has 4 nitrogen and oxygen atoms in total. The van der Waals surface area contributed by atoms with E-state index < -0.39 is 12.1 Å². The SMILES string of the molecule is COC(Cc1nc2ccccc2s1)C(=O)O. The predicted octanol–water partition coefficient (Wildman–Crippen LogP) is 1.94. The minimum absolute atomic E-state index is 0.311. The van der Waals surface area contributed by atoms with E-state index in [0.29, 0.717) is 6.42 Å². The summed E-state index contributed by atoms with van der Waals surface area (Å²) in [6, 6.07) is 7.74. The van der Waals surface area contributed by atoms with Crippen LogP contribution in [-0.4, -0.2) is 29.3 Å². The third-order valence-corrected chi connectivity index (χ3v) is 3.32.